The molecule has 0 bridgehead atoms. The number of hydrogen-bond donors (Lipinski definition) is 1. The Kier molecular flexibility index (Phi) is 3.89. The van der Waals surface area contributed by atoms with Crippen molar-refractivity contribution in [3.8, 4) is 0 Å². The number of aromatic nitrogens is 2. The first kappa shape index (κ1) is 14.0. The van der Waals surface area contributed by atoms with Gasteiger partial charge in [0.25, 0.3) is 0 Å². The Balaban J connectivity index is 1.90. The summed E-state index contributed by atoms with van der Waals surface area (Å²) in [6, 6.07) is 0. The monoisotopic (exact) mass is 267 g/mol. The number of piperidine rings is 1. The molecule has 0 amide bonds. The van der Waals surface area contributed by atoms with Gasteiger partial charge in [-0.2, -0.15) is 4.98 Å². The van der Waals surface area contributed by atoms with E-state index in [0.29, 0.717) is 31.1 Å². The Morgan fingerprint density at radius 1 is 1.47 bits per heavy atom. The molecule has 1 aliphatic heterocycles. The summed E-state index contributed by atoms with van der Waals surface area (Å²) in [6.45, 7) is 7.99. The van der Waals surface area contributed by atoms with Crippen LogP contribution in [0.2, 0.25) is 0 Å². The minimum Gasteiger partial charge on any atom is -0.481 e. The summed E-state index contributed by atoms with van der Waals surface area (Å²) in [6.07, 6.45) is 1.33. The molecule has 2 heterocycles. The van der Waals surface area contributed by atoms with Gasteiger partial charge in [-0.05, 0) is 32.9 Å². The highest BCUT2D eigenvalue weighted by Crippen LogP contribution is 2.31. The molecule has 6 nitrogen and oxygen atoms in total. The lowest BCUT2D eigenvalue weighted by Crippen LogP contribution is -2.42. The van der Waals surface area contributed by atoms with E-state index in [1.807, 2.05) is 20.8 Å². The van der Waals surface area contributed by atoms with Crippen LogP contribution in [0, 0.1) is 5.41 Å². The molecular weight excluding hydrogens is 246 g/mol. The first-order valence-electron chi connectivity index (χ1n) is 6.69. The number of carboxylic acids is 1. The molecule has 6 heteroatoms. The molecule has 0 atom stereocenters. The van der Waals surface area contributed by atoms with Gasteiger partial charge in [0.05, 0.1) is 12.0 Å². The lowest BCUT2D eigenvalue weighted by molar-refractivity contribution is -0.150. The van der Waals surface area contributed by atoms with Crippen molar-refractivity contribution in [3.63, 3.8) is 0 Å². The molecule has 1 fully saturated rings. The Morgan fingerprint density at radius 2 is 2.11 bits per heavy atom. The highest BCUT2D eigenvalue weighted by molar-refractivity contribution is 5.74. The van der Waals surface area contributed by atoms with Gasteiger partial charge in [-0.1, -0.05) is 19.0 Å². The summed E-state index contributed by atoms with van der Waals surface area (Å²) in [5.74, 6) is 0.872. The van der Waals surface area contributed by atoms with Gasteiger partial charge in [0.1, 0.15) is 0 Å². The molecule has 1 aromatic rings. The lowest BCUT2D eigenvalue weighted by Gasteiger charge is -2.35. The molecule has 0 spiro atoms. The average molecular weight is 267 g/mol. The Hall–Kier alpha value is -1.43. The minimum absolute atomic E-state index is 0.234. The highest BCUT2D eigenvalue weighted by atomic mass is 16.5. The van der Waals surface area contributed by atoms with Gasteiger partial charge >= 0.3 is 5.97 Å². The molecule has 1 aliphatic rings. The quantitative estimate of drug-likeness (QED) is 0.897. The van der Waals surface area contributed by atoms with E-state index >= 15 is 0 Å². The van der Waals surface area contributed by atoms with Crippen LogP contribution in [0.4, 0.5) is 0 Å². The number of nitrogens with zero attached hydrogens (tertiary/aromatic N) is 3. The van der Waals surface area contributed by atoms with Crippen LogP contribution in [0.3, 0.4) is 0 Å². The summed E-state index contributed by atoms with van der Waals surface area (Å²) in [4.78, 5) is 17.7. The third-order valence-corrected chi connectivity index (χ3v) is 3.82. The second-order valence-electron chi connectivity index (χ2n) is 5.85. The first-order chi connectivity index (χ1) is 8.90. The van der Waals surface area contributed by atoms with Gasteiger partial charge in [0.15, 0.2) is 5.82 Å². The van der Waals surface area contributed by atoms with Crippen LogP contribution in [-0.2, 0) is 11.3 Å². The highest BCUT2D eigenvalue weighted by Gasteiger charge is 2.36. The third kappa shape index (κ3) is 3.12. The van der Waals surface area contributed by atoms with E-state index in [0.717, 1.165) is 13.1 Å². The zero-order valence-electron chi connectivity index (χ0n) is 11.7. The van der Waals surface area contributed by atoms with Gasteiger partial charge in [0.2, 0.25) is 5.89 Å². The molecule has 0 saturated carbocycles. The van der Waals surface area contributed by atoms with Crippen LogP contribution in [-0.4, -0.2) is 39.2 Å². The fraction of sp³-hybridized carbons (Fsp3) is 0.769. The van der Waals surface area contributed by atoms with Crippen LogP contribution in [0.25, 0.3) is 0 Å². The topological polar surface area (TPSA) is 79.5 Å². The van der Waals surface area contributed by atoms with Gasteiger partial charge in [0, 0.05) is 5.92 Å². The van der Waals surface area contributed by atoms with E-state index in [4.69, 9.17) is 4.52 Å². The Morgan fingerprint density at radius 3 is 2.58 bits per heavy atom. The standard InChI is InChI=1S/C13H21N3O3/c1-9(2)11-14-10(15-19-11)8-16-6-4-13(3,5-7-16)12(17)18/h9H,4-8H2,1-3H3,(H,17,18). The predicted molar refractivity (Wildman–Crippen MR) is 68.6 cm³/mol. The summed E-state index contributed by atoms with van der Waals surface area (Å²) in [7, 11) is 0. The van der Waals surface area contributed by atoms with Gasteiger partial charge in [-0.25, -0.2) is 0 Å². The first-order valence-corrected chi connectivity index (χ1v) is 6.69. The van der Waals surface area contributed by atoms with Crippen molar-refractivity contribution in [3.05, 3.63) is 11.7 Å². The van der Waals surface area contributed by atoms with Crippen LogP contribution in [0.1, 0.15) is 51.2 Å². The molecule has 0 aliphatic carbocycles. The maximum Gasteiger partial charge on any atom is 0.309 e. The maximum atomic E-state index is 11.2. The summed E-state index contributed by atoms with van der Waals surface area (Å²) >= 11 is 0. The van der Waals surface area contributed by atoms with Crippen molar-refractivity contribution < 1.29 is 14.4 Å². The van der Waals surface area contributed by atoms with Crippen molar-refractivity contribution in [2.75, 3.05) is 13.1 Å². The van der Waals surface area contributed by atoms with E-state index in [2.05, 4.69) is 15.0 Å². The SMILES string of the molecule is CC(C)c1nc(CN2CCC(C)(C(=O)O)CC2)no1. The van der Waals surface area contributed by atoms with Crippen molar-refractivity contribution in [2.45, 2.75) is 46.1 Å². The molecule has 0 unspecified atom stereocenters. The third-order valence-electron chi connectivity index (χ3n) is 3.82. The number of hydrogen-bond acceptors (Lipinski definition) is 5. The van der Waals surface area contributed by atoms with Crippen LogP contribution < -0.4 is 0 Å². The minimum atomic E-state index is -0.700. The van der Waals surface area contributed by atoms with Crippen LogP contribution in [0.15, 0.2) is 4.52 Å². The summed E-state index contributed by atoms with van der Waals surface area (Å²) in [5.41, 5.74) is -0.586. The normalized spacial score (nSPS) is 19.8. The number of aliphatic carboxylic acids is 1. The fourth-order valence-corrected chi connectivity index (χ4v) is 2.18. The van der Waals surface area contributed by atoms with E-state index < -0.39 is 11.4 Å². The Labute approximate surface area is 112 Å². The molecule has 2 rings (SSSR count). The number of carboxylic acid groups (broad SMARTS) is 1. The predicted octanol–water partition coefficient (Wildman–Crippen LogP) is 1.88. The molecule has 1 aromatic heterocycles. The van der Waals surface area contributed by atoms with Gasteiger partial charge < -0.3 is 9.63 Å². The van der Waals surface area contributed by atoms with Gasteiger partial charge in [-0.15, -0.1) is 0 Å². The number of rotatable bonds is 4. The number of carbonyl (C=O) groups is 1. The molecule has 1 N–H and O–H groups in total. The van der Waals surface area contributed by atoms with Crippen molar-refractivity contribution in [1.29, 1.82) is 0 Å². The largest absolute Gasteiger partial charge is 0.481 e. The maximum absolute atomic E-state index is 11.2. The van der Waals surface area contributed by atoms with E-state index in [9.17, 15) is 9.90 Å². The molecule has 0 radical (unpaired) electrons. The zero-order chi connectivity index (χ0) is 14.0. The number of likely N-dealkylation sites (tertiary alicyclic amines) is 1. The molecule has 19 heavy (non-hydrogen) atoms. The van der Waals surface area contributed by atoms with Crippen molar-refractivity contribution >= 4 is 5.97 Å². The fourth-order valence-electron chi connectivity index (χ4n) is 2.18. The average Bonchev–Trinajstić information content (AvgIpc) is 2.81. The Bertz CT molecular complexity index is 448. The zero-order valence-corrected chi connectivity index (χ0v) is 11.7. The van der Waals surface area contributed by atoms with E-state index in [1.54, 1.807) is 0 Å². The smallest absolute Gasteiger partial charge is 0.309 e. The molecule has 0 aromatic carbocycles. The molecule has 106 valence electrons. The van der Waals surface area contributed by atoms with E-state index in [-0.39, 0.29) is 5.92 Å². The van der Waals surface area contributed by atoms with Crippen molar-refractivity contribution in [2.24, 2.45) is 5.41 Å². The van der Waals surface area contributed by atoms with E-state index in [1.165, 1.54) is 0 Å². The lowest BCUT2D eigenvalue weighted by atomic mass is 9.80. The van der Waals surface area contributed by atoms with Crippen LogP contribution >= 0.6 is 0 Å². The summed E-state index contributed by atoms with van der Waals surface area (Å²) in [5, 5.41) is 13.1. The second kappa shape index (κ2) is 5.28. The van der Waals surface area contributed by atoms with Gasteiger partial charge in [-0.3, -0.25) is 9.69 Å². The summed E-state index contributed by atoms with van der Waals surface area (Å²) < 4.78 is 5.16. The molecule has 1 saturated heterocycles. The van der Waals surface area contributed by atoms with Crippen LogP contribution in [0.5, 0.6) is 0 Å². The second-order valence-corrected chi connectivity index (χ2v) is 5.85. The molecular formula is C13H21N3O3. The van der Waals surface area contributed by atoms with Crippen molar-refractivity contribution in [1.82, 2.24) is 15.0 Å².